The van der Waals surface area contributed by atoms with Crippen molar-refractivity contribution >= 4 is 5.91 Å². The number of hydrogen-bond acceptors (Lipinski definition) is 2. The van der Waals surface area contributed by atoms with Gasteiger partial charge in [0.2, 0.25) is 5.91 Å². The molecule has 1 atom stereocenters. The molecule has 0 aromatic carbocycles. The van der Waals surface area contributed by atoms with Crippen LogP contribution in [0.5, 0.6) is 0 Å². The van der Waals surface area contributed by atoms with Gasteiger partial charge in [-0.1, -0.05) is 19.8 Å². The highest BCUT2D eigenvalue weighted by Gasteiger charge is 2.18. The molecule has 82 valence electrons. The lowest BCUT2D eigenvalue weighted by Gasteiger charge is -2.09. The van der Waals surface area contributed by atoms with E-state index >= 15 is 0 Å². The second kappa shape index (κ2) is 6.82. The second-order valence-corrected chi connectivity index (χ2v) is 3.90. The Labute approximate surface area is 86.2 Å². The third kappa shape index (κ3) is 4.61. The van der Waals surface area contributed by atoms with E-state index in [-0.39, 0.29) is 12.0 Å². The lowest BCUT2D eigenvalue weighted by Crippen LogP contribution is -2.27. The highest BCUT2D eigenvalue weighted by Crippen LogP contribution is 2.14. The van der Waals surface area contributed by atoms with Crippen molar-refractivity contribution in [2.45, 2.75) is 51.6 Å². The zero-order valence-electron chi connectivity index (χ0n) is 9.05. The molecule has 1 unspecified atom stereocenters. The largest absolute Gasteiger partial charge is 0.378 e. The maximum Gasteiger partial charge on any atom is 0.222 e. The van der Waals surface area contributed by atoms with Crippen LogP contribution in [0.4, 0.5) is 0 Å². The predicted molar refractivity (Wildman–Crippen MR) is 56.1 cm³/mol. The van der Waals surface area contributed by atoms with Crippen LogP contribution in [-0.4, -0.2) is 25.2 Å². The van der Waals surface area contributed by atoms with Gasteiger partial charge in [0.25, 0.3) is 0 Å². The molecule has 1 aliphatic rings. The van der Waals surface area contributed by atoms with Gasteiger partial charge in [0.1, 0.15) is 0 Å². The molecule has 1 N–H and O–H groups in total. The summed E-state index contributed by atoms with van der Waals surface area (Å²) in [6.07, 6.45) is 6.36. The topological polar surface area (TPSA) is 38.3 Å². The molecule has 3 heteroatoms. The first-order valence-corrected chi connectivity index (χ1v) is 5.71. The Morgan fingerprint density at radius 2 is 2.36 bits per heavy atom. The minimum atomic E-state index is 0.146. The highest BCUT2D eigenvalue weighted by atomic mass is 16.5. The van der Waals surface area contributed by atoms with E-state index in [2.05, 4.69) is 12.2 Å². The zero-order chi connectivity index (χ0) is 10.2. The van der Waals surface area contributed by atoms with E-state index in [0.717, 1.165) is 32.4 Å². The van der Waals surface area contributed by atoms with Crippen molar-refractivity contribution in [1.29, 1.82) is 0 Å². The number of nitrogens with one attached hydrogen (secondary N) is 1. The van der Waals surface area contributed by atoms with Crippen LogP contribution in [0, 0.1) is 0 Å². The van der Waals surface area contributed by atoms with Crippen LogP contribution in [0.25, 0.3) is 0 Å². The first kappa shape index (κ1) is 11.5. The molecule has 1 rings (SSSR count). The van der Waals surface area contributed by atoms with E-state index in [1.54, 1.807) is 0 Å². The zero-order valence-corrected chi connectivity index (χ0v) is 9.05. The van der Waals surface area contributed by atoms with Gasteiger partial charge in [0.15, 0.2) is 0 Å². The lowest BCUT2D eigenvalue weighted by atomic mass is 10.2. The summed E-state index contributed by atoms with van der Waals surface area (Å²) < 4.78 is 5.39. The van der Waals surface area contributed by atoms with E-state index < -0.39 is 0 Å². The third-order valence-corrected chi connectivity index (χ3v) is 2.54. The SMILES string of the molecule is CCCCCNC(=O)CC1CCCO1. The number of carbonyl (C=O) groups is 1. The van der Waals surface area contributed by atoms with Gasteiger partial charge in [0.05, 0.1) is 12.5 Å². The first-order chi connectivity index (χ1) is 6.83. The molecule has 0 aliphatic carbocycles. The molecule has 0 bridgehead atoms. The lowest BCUT2D eigenvalue weighted by molar-refractivity contribution is -0.123. The summed E-state index contributed by atoms with van der Waals surface area (Å²) in [6.45, 7) is 3.81. The minimum absolute atomic E-state index is 0.146. The van der Waals surface area contributed by atoms with Crippen LogP contribution >= 0.6 is 0 Å². The van der Waals surface area contributed by atoms with Gasteiger partial charge in [-0.3, -0.25) is 4.79 Å². The van der Waals surface area contributed by atoms with Crippen LogP contribution in [0.3, 0.4) is 0 Å². The Balaban J connectivity index is 1.98. The number of amides is 1. The third-order valence-electron chi connectivity index (χ3n) is 2.54. The van der Waals surface area contributed by atoms with Crippen LogP contribution < -0.4 is 5.32 Å². The van der Waals surface area contributed by atoms with E-state index in [4.69, 9.17) is 4.74 Å². The van der Waals surface area contributed by atoms with Gasteiger partial charge < -0.3 is 10.1 Å². The molecule has 1 heterocycles. The van der Waals surface area contributed by atoms with Gasteiger partial charge in [0, 0.05) is 13.2 Å². The van der Waals surface area contributed by atoms with Crippen LogP contribution in [0.15, 0.2) is 0 Å². The molecular formula is C11H21NO2. The summed E-state index contributed by atoms with van der Waals surface area (Å²) in [5.41, 5.74) is 0. The van der Waals surface area contributed by atoms with Crippen molar-refractivity contribution in [3.63, 3.8) is 0 Å². The second-order valence-electron chi connectivity index (χ2n) is 3.90. The molecule has 1 aliphatic heterocycles. The number of rotatable bonds is 6. The van der Waals surface area contributed by atoms with E-state index in [1.165, 1.54) is 12.8 Å². The van der Waals surface area contributed by atoms with Crippen molar-refractivity contribution in [2.24, 2.45) is 0 Å². The summed E-state index contributed by atoms with van der Waals surface area (Å²) in [4.78, 5) is 11.4. The molecule has 1 amide bonds. The van der Waals surface area contributed by atoms with Gasteiger partial charge in [-0.25, -0.2) is 0 Å². The Morgan fingerprint density at radius 1 is 1.50 bits per heavy atom. The number of carbonyl (C=O) groups excluding carboxylic acids is 1. The van der Waals surface area contributed by atoms with Crippen molar-refractivity contribution in [1.82, 2.24) is 5.32 Å². The fraction of sp³-hybridized carbons (Fsp3) is 0.909. The monoisotopic (exact) mass is 199 g/mol. The number of hydrogen-bond donors (Lipinski definition) is 1. The van der Waals surface area contributed by atoms with Crippen molar-refractivity contribution in [2.75, 3.05) is 13.2 Å². The molecule has 0 saturated carbocycles. The van der Waals surface area contributed by atoms with Crippen LogP contribution in [-0.2, 0) is 9.53 Å². The fourth-order valence-corrected chi connectivity index (χ4v) is 1.69. The molecule has 0 aromatic rings. The molecule has 1 saturated heterocycles. The van der Waals surface area contributed by atoms with E-state index in [0.29, 0.717) is 6.42 Å². The Bertz CT molecular complexity index is 165. The number of unbranched alkanes of at least 4 members (excludes halogenated alkanes) is 2. The molecule has 1 fully saturated rings. The van der Waals surface area contributed by atoms with Gasteiger partial charge in [-0.15, -0.1) is 0 Å². The highest BCUT2D eigenvalue weighted by molar-refractivity contribution is 5.76. The van der Waals surface area contributed by atoms with Gasteiger partial charge in [-0.05, 0) is 19.3 Å². The number of ether oxygens (including phenoxy) is 1. The summed E-state index contributed by atoms with van der Waals surface area (Å²) in [6, 6.07) is 0. The summed E-state index contributed by atoms with van der Waals surface area (Å²) >= 11 is 0. The molecule has 14 heavy (non-hydrogen) atoms. The Hall–Kier alpha value is -0.570. The average Bonchev–Trinajstić information content (AvgIpc) is 2.65. The Kier molecular flexibility index (Phi) is 5.60. The molecule has 0 aromatic heterocycles. The van der Waals surface area contributed by atoms with Crippen LogP contribution in [0.2, 0.25) is 0 Å². The molecule has 0 spiro atoms. The minimum Gasteiger partial charge on any atom is -0.378 e. The Morgan fingerprint density at radius 3 is 3.00 bits per heavy atom. The van der Waals surface area contributed by atoms with Gasteiger partial charge in [-0.2, -0.15) is 0 Å². The summed E-state index contributed by atoms with van der Waals surface area (Å²) in [5.74, 6) is 0.146. The van der Waals surface area contributed by atoms with E-state index in [9.17, 15) is 4.79 Å². The van der Waals surface area contributed by atoms with Crippen molar-refractivity contribution in [3.05, 3.63) is 0 Å². The van der Waals surface area contributed by atoms with Gasteiger partial charge >= 0.3 is 0 Å². The maximum absolute atomic E-state index is 11.4. The van der Waals surface area contributed by atoms with Crippen LogP contribution in [0.1, 0.15) is 45.4 Å². The van der Waals surface area contributed by atoms with E-state index in [1.807, 2.05) is 0 Å². The van der Waals surface area contributed by atoms with Crippen molar-refractivity contribution < 1.29 is 9.53 Å². The fourth-order valence-electron chi connectivity index (χ4n) is 1.69. The average molecular weight is 199 g/mol. The first-order valence-electron chi connectivity index (χ1n) is 5.71. The quantitative estimate of drug-likeness (QED) is 0.663. The summed E-state index contributed by atoms with van der Waals surface area (Å²) in [5, 5.41) is 2.93. The summed E-state index contributed by atoms with van der Waals surface area (Å²) in [7, 11) is 0. The standard InChI is InChI=1S/C11H21NO2/c1-2-3-4-7-12-11(13)9-10-6-5-8-14-10/h10H,2-9H2,1H3,(H,12,13). The smallest absolute Gasteiger partial charge is 0.222 e. The molecule has 3 nitrogen and oxygen atoms in total. The predicted octanol–water partition coefficient (Wildman–Crippen LogP) is 1.86. The normalized spacial score (nSPS) is 21.1. The molecule has 0 radical (unpaired) electrons. The maximum atomic E-state index is 11.4. The molecular weight excluding hydrogens is 178 g/mol. The van der Waals surface area contributed by atoms with Crippen molar-refractivity contribution in [3.8, 4) is 0 Å².